The maximum atomic E-state index is 11.1. The molecule has 108 valence electrons. The van der Waals surface area contributed by atoms with Crippen molar-refractivity contribution in [1.82, 2.24) is 9.78 Å². The van der Waals surface area contributed by atoms with Gasteiger partial charge < -0.3 is 4.74 Å². The minimum Gasteiger partial charge on any atom is -0.468 e. The molecule has 1 saturated carbocycles. The number of rotatable bonds is 5. The predicted octanol–water partition coefficient (Wildman–Crippen LogP) is 2.87. The first kappa shape index (κ1) is 14.4. The number of hydrogen-bond donors (Lipinski definition) is 0. The maximum Gasteiger partial charge on any atom is 0.350 e. The van der Waals surface area contributed by atoms with Crippen molar-refractivity contribution in [3.8, 4) is 17.7 Å². The van der Waals surface area contributed by atoms with E-state index in [1.165, 1.54) is 10.9 Å². The monoisotopic (exact) mass is 277 g/mol. The Hall–Kier alpha value is -2.03. The fraction of sp³-hybridized carbons (Fsp3) is 0.643. The molecule has 6 nitrogen and oxygen atoms in total. The average molecular weight is 277 g/mol. The van der Waals surface area contributed by atoms with Crippen LogP contribution in [0.2, 0.25) is 0 Å². The average Bonchev–Trinajstić information content (AvgIpc) is 3.05. The number of hydrogen-bond acceptors (Lipinski definition) is 4. The largest absolute Gasteiger partial charge is 0.468 e. The van der Waals surface area contributed by atoms with Gasteiger partial charge in [-0.05, 0) is 33.1 Å². The summed E-state index contributed by atoms with van der Waals surface area (Å²) in [5, 5.41) is 15.3. The summed E-state index contributed by atoms with van der Waals surface area (Å²) in [7, 11) is 0. The third-order valence-corrected chi connectivity index (χ3v) is 3.00. The summed E-state index contributed by atoms with van der Waals surface area (Å²) in [5.41, 5.74) is -0.687. The molecule has 0 N–H and O–H groups in total. The second-order valence-corrected chi connectivity index (χ2v) is 5.45. The minimum absolute atomic E-state index is 0.0753. The van der Waals surface area contributed by atoms with E-state index in [-0.39, 0.29) is 17.7 Å². The fourth-order valence-electron chi connectivity index (χ4n) is 1.65. The smallest absolute Gasteiger partial charge is 0.350 e. The van der Waals surface area contributed by atoms with Gasteiger partial charge in [-0.15, -0.1) is 11.0 Å². The van der Waals surface area contributed by atoms with E-state index in [0.717, 1.165) is 25.7 Å². The molecule has 0 atom stereocenters. The van der Waals surface area contributed by atoms with Crippen LogP contribution in [0.5, 0.6) is 5.88 Å². The van der Waals surface area contributed by atoms with Crippen LogP contribution in [0.1, 0.15) is 46.5 Å². The second kappa shape index (κ2) is 5.53. The Morgan fingerprint density at radius 1 is 1.60 bits per heavy atom. The van der Waals surface area contributed by atoms with Gasteiger partial charge in [-0.3, -0.25) is 10.1 Å². The highest BCUT2D eigenvalue weighted by Gasteiger charge is 2.32. The molecule has 0 radical (unpaired) electrons. The maximum absolute atomic E-state index is 11.1. The van der Waals surface area contributed by atoms with E-state index >= 15 is 0 Å². The van der Waals surface area contributed by atoms with Crippen molar-refractivity contribution in [2.45, 2.75) is 58.1 Å². The Labute approximate surface area is 118 Å². The first-order valence-corrected chi connectivity index (χ1v) is 6.85. The summed E-state index contributed by atoms with van der Waals surface area (Å²) in [4.78, 5) is 10.6. The number of aromatic nitrogens is 2. The van der Waals surface area contributed by atoms with Gasteiger partial charge in [-0.2, -0.15) is 0 Å². The lowest BCUT2D eigenvalue weighted by Crippen LogP contribution is -2.24. The van der Waals surface area contributed by atoms with Crippen molar-refractivity contribution in [2.24, 2.45) is 0 Å². The number of nitrogens with zero attached hydrogens (tertiary/aromatic N) is 3. The Bertz CT molecular complexity index is 562. The topological polar surface area (TPSA) is 70.2 Å². The summed E-state index contributed by atoms with van der Waals surface area (Å²) in [6.45, 7) is 5.82. The molecule has 1 aromatic rings. The molecule has 0 aromatic carbocycles. The van der Waals surface area contributed by atoms with Crippen molar-refractivity contribution >= 4 is 5.69 Å². The molecule has 20 heavy (non-hydrogen) atoms. The molecule has 1 aromatic heterocycles. The van der Waals surface area contributed by atoms with Crippen LogP contribution in [-0.4, -0.2) is 20.8 Å². The minimum atomic E-state index is -0.592. The van der Waals surface area contributed by atoms with Crippen molar-refractivity contribution in [1.29, 1.82) is 0 Å². The van der Waals surface area contributed by atoms with Crippen molar-refractivity contribution in [3.63, 3.8) is 0 Å². The summed E-state index contributed by atoms with van der Waals surface area (Å²) in [6.07, 6.45) is 5.13. The van der Waals surface area contributed by atoms with E-state index in [9.17, 15) is 10.1 Å². The predicted molar refractivity (Wildman–Crippen MR) is 74.5 cm³/mol. The van der Waals surface area contributed by atoms with Gasteiger partial charge in [-0.1, -0.05) is 12.8 Å². The van der Waals surface area contributed by atoms with Crippen LogP contribution < -0.4 is 4.74 Å². The Balaban J connectivity index is 2.27. The van der Waals surface area contributed by atoms with Crippen LogP contribution in [0.4, 0.5) is 5.69 Å². The number of ether oxygens (including phenoxy) is 1. The number of nitro groups is 1. The van der Waals surface area contributed by atoms with Gasteiger partial charge in [0.15, 0.2) is 0 Å². The molecule has 1 fully saturated rings. The molecule has 0 bridgehead atoms. The van der Waals surface area contributed by atoms with E-state index in [0.29, 0.717) is 0 Å². The molecular weight excluding hydrogens is 258 g/mol. The van der Waals surface area contributed by atoms with Crippen LogP contribution in [0, 0.1) is 22.0 Å². The molecule has 2 rings (SSSR count). The number of unbranched alkanes of at least 4 members (excludes halogenated alkanes) is 1. The molecular formula is C14H19N3O3. The van der Waals surface area contributed by atoms with Crippen molar-refractivity contribution in [3.05, 3.63) is 16.3 Å². The molecule has 0 aliphatic heterocycles. The molecule has 0 spiro atoms. The summed E-state index contributed by atoms with van der Waals surface area (Å²) >= 11 is 0. The molecule has 6 heteroatoms. The van der Waals surface area contributed by atoms with E-state index in [1.54, 1.807) is 0 Å². The standard InChI is InChI=1S/C14H19N3O3/c1-4-5-6-9-14(2,3)16-10-12(17(18)19)13(15-16)20-11-7-8-11/h10-11H,4-5,7-8H2,1-3H3. The summed E-state index contributed by atoms with van der Waals surface area (Å²) < 4.78 is 7.02. The van der Waals surface area contributed by atoms with Crippen LogP contribution in [0.25, 0.3) is 0 Å². The third kappa shape index (κ3) is 3.29. The lowest BCUT2D eigenvalue weighted by atomic mass is 10.1. The quantitative estimate of drug-likeness (QED) is 0.471. The summed E-state index contributed by atoms with van der Waals surface area (Å²) in [5.74, 6) is 6.26. The molecule has 1 aliphatic rings. The zero-order chi connectivity index (χ0) is 14.8. The van der Waals surface area contributed by atoms with E-state index in [4.69, 9.17) is 4.74 Å². The fourth-order valence-corrected chi connectivity index (χ4v) is 1.65. The molecule has 1 heterocycles. The van der Waals surface area contributed by atoms with Gasteiger partial charge in [0.1, 0.15) is 17.8 Å². The zero-order valence-electron chi connectivity index (χ0n) is 12.0. The molecule has 0 saturated heterocycles. The molecule has 0 unspecified atom stereocenters. The Morgan fingerprint density at radius 3 is 2.85 bits per heavy atom. The highest BCUT2D eigenvalue weighted by atomic mass is 16.6. The van der Waals surface area contributed by atoms with E-state index in [2.05, 4.69) is 23.9 Å². The lowest BCUT2D eigenvalue weighted by Gasteiger charge is -2.17. The van der Waals surface area contributed by atoms with Crippen molar-refractivity contribution < 1.29 is 9.66 Å². The normalized spacial score (nSPS) is 14.6. The Kier molecular flexibility index (Phi) is 3.98. The van der Waals surface area contributed by atoms with Crippen LogP contribution in [0.3, 0.4) is 0 Å². The first-order valence-electron chi connectivity index (χ1n) is 6.85. The highest BCUT2D eigenvalue weighted by molar-refractivity contribution is 5.39. The van der Waals surface area contributed by atoms with Gasteiger partial charge in [0, 0.05) is 6.42 Å². The molecule has 0 amide bonds. The second-order valence-electron chi connectivity index (χ2n) is 5.45. The Morgan fingerprint density at radius 2 is 2.30 bits per heavy atom. The van der Waals surface area contributed by atoms with Gasteiger partial charge in [0.05, 0.1) is 4.92 Å². The van der Waals surface area contributed by atoms with Crippen molar-refractivity contribution in [2.75, 3.05) is 0 Å². The van der Waals surface area contributed by atoms with Crippen LogP contribution in [0.15, 0.2) is 6.20 Å². The van der Waals surface area contributed by atoms with E-state index < -0.39 is 10.5 Å². The van der Waals surface area contributed by atoms with Gasteiger partial charge in [-0.25, -0.2) is 4.68 Å². The molecule has 1 aliphatic carbocycles. The van der Waals surface area contributed by atoms with Crippen LogP contribution >= 0.6 is 0 Å². The van der Waals surface area contributed by atoms with E-state index in [1.807, 2.05) is 13.8 Å². The lowest BCUT2D eigenvalue weighted by molar-refractivity contribution is -0.386. The first-order chi connectivity index (χ1) is 9.44. The zero-order valence-corrected chi connectivity index (χ0v) is 12.0. The van der Waals surface area contributed by atoms with Gasteiger partial charge >= 0.3 is 11.6 Å². The summed E-state index contributed by atoms with van der Waals surface area (Å²) in [6, 6.07) is 0. The SMILES string of the molecule is CCCC#CC(C)(C)n1cc([N+](=O)[O-])c(OC2CC2)n1. The highest BCUT2D eigenvalue weighted by Crippen LogP contribution is 2.33. The van der Waals surface area contributed by atoms with Crippen LogP contribution in [-0.2, 0) is 5.54 Å². The van der Waals surface area contributed by atoms with Gasteiger partial charge in [0.25, 0.3) is 0 Å². The third-order valence-electron chi connectivity index (χ3n) is 3.00. The van der Waals surface area contributed by atoms with Gasteiger partial charge in [0.2, 0.25) is 0 Å².